The number of hydrogen-bond acceptors (Lipinski definition) is 4. The molecule has 1 N–H and O–H groups in total. The van der Waals surface area contributed by atoms with Crippen LogP contribution in [0.1, 0.15) is 21.6 Å². The molecule has 0 saturated carbocycles. The molecule has 1 aromatic heterocycles. The number of thiazole rings is 1. The van der Waals surface area contributed by atoms with Crippen LogP contribution in [0.2, 0.25) is 0 Å². The first-order valence-corrected chi connectivity index (χ1v) is 7.10. The first kappa shape index (κ1) is 12.8. The molecular weight excluding hydrogens is 276 g/mol. The van der Waals surface area contributed by atoms with Crippen LogP contribution in [0.5, 0.6) is 0 Å². The molecule has 0 saturated heterocycles. The lowest BCUT2D eigenvalue weighted by atomic mass is 9.94. The highest BCUT2D eigenvalue weighted by atomic mass is 32.1. The summed E-state index contributed by atoms with van der Waals surface area (Å²) in [6, 6.07) is 6.78. The Morgan fingerprint density at radius 2 is 2.05 bits per heavy atom. The van der Waals surface area contributed by atoms with E-state index in [0.29, 0.717) is 18.7 Å². The lowest BCUT2D eigenvalue weighted by Gasteiger charge is -2.34. The van der Waals surface area contributed by atoms with E-state index in [1.807, 2.05) is 24.3 Å². The van der Waals surface area contributed by atoms with Gasteiger partial charge in [-0.2, -0.15) is 0 Å². The van der Waals surface area contributed by atoms with E-state index >= 15 is 0 Å². The number of carboxylic acids is 1. The molecule has 1 aromatic carbocycles. The molecule has 0 bridgehead atoms. The van der Waals surface area contributed by atoms with Crippen LogP contribution < -0.4 is 0 Å². The summed E-state index contributed by atoms with van der Waals surface area (Å²) >= 11 is 1.32. The van der Waals surface area contributed by atoms with Crippen LogP contribution >= 0.6 is 11.3 Å². The summed E-state index contributed by atoms with van der Waals surface area (Å²) in [6.07, 6.45) is 0.335. The van der Waals surface area contributed by atoms with Crippen molar-refractivity contribution < 1.29 is 14.7 Å². The Labute approximate surface area is 119 Å². The van der Waals surface area contributed by atoms with Gasteiger partial charge >= 0.3 is 5.97 Å². The second-order valence-corrected chi connectivity index (χ2v) is 5.35. The van der Waals surface area contributed by atoms with Crippen molar-refractivity contribution in [3.05, 3.63) is 52.0 Å². The monoisotopic (exact) mass is 288 g/mol. The van der Waals surface area contributed by atoms with Gasteiger partial charge in [-0.05, 0) is 11.1 Å². The Bertz CT molecular complexity index is 654. The fourth-order valence-corrected chi connectivity index (χ4v) is 2.95. The predicted molar refractivity (Wildman–Crippen MR) is 73.6 cm³/mol. The Hall–Kier alpha value is -2.21. The highest BCUT2D eigenvalue weighted by molar-refractivity contribution is 7.07. The lowest BCUT2D eigenvalue weighted by Crippen LogP contribution is -2.48. The summed E-state index contributed by atoms with van der Waals surface area (Å²) in [5.41, 5.74) is 3.86. The Morgan fingerprint density at radius 1 is 1.30 bits per heavy atom. The number of aromatic nitrogens is 1. The normalized spacial score (nSPS) is 17.6. The maximum atomic E-state index is 12.4. The van der Waals surface area contributed by atoms with Crippen molar-refractivity contribution in [2.75, 3.05) is 0 Å². The van der Waals surface area contributed by atoms with E-state index < -0.39 is 12.0 Å². The minimum Gasteiger partial charge on any atom is -0.480 e. The number of carbonyl (C=O) groups excluding carboxylic acids is 1. The van der Waals surface area contributed by atoms with Gasteiger partial charge in [-0.25, -0.2) is 9.78 Å². The fourth-order valence-electron chi connectivity index (χ4n) is 2.42. The molecule has 1 aliphatic heterocycles. The Balaban J connectivity index is 1.96. The summed E-state index contributed by atoms with van der Waals surface area (Å²) in [4.78, 5) is 29.2. The number of aliphatic carboxylic acids is 1. The van der Waals surface area contributed by atoms with Crippen LogP contribution in [0, 0.1) is 0 Å². The van der Waals surface area contributed by atoms with Gasteiger partial charge in [-0.3, -0.25) is 4.79 Å². The number of benzene rings is 1. The second kappa shape index (κ2) is 5.05. The molecule has 2 heterocycles. The molecule has 5 nitrogen and oxygen atoms in total. The van der Waals surface area contributed by atoms with Crippen molar-refractivity contribution in [1.29, 1.82) is 0 Å². The van der Waals surface area contributed by atoms with Gasteiger partial charge in [0.1, 0.15) is 11.7 Å². The van der Waals surface area contributed by atoms with Gasteiger partial charge in [0.2, 0.25) is 0 Å². The summed E-state index contributed by atoms with van der Waals surface area (Å²) in [6.45, 7) is 0.309. The summed E-state index contributed by atoms with van der Waals surface area (Å²) < 4.78 is 0. The molecule has 20 heavy (non-hydrogen) atoms. The SMILES string of the molecule is O=C(O)[C@H]1Cc2ccccc2CN1C(=O)c1cscn1. The molecule has 1 aliphatic rings. The van der Waals surface area contributed by atoms with E-state index in [2.05, 4.69) is 4.98 Å². The summed E-state index contributed by atoms with van der Waals surface area (Å²) in [5, 5.41) is 11.0. The van der Waals surface area contributed by atoms with Crippen LogP contribution in [0.15, 0.2) is 35.2 Å². The third kappa shape index (κ3) is 2.18. The standard InChI is InChI=1S/C14H12N2O3S/c17-13(11-7-20-8-15-11)16-6-10-4-2-1-3-9(10)5-12(16)14(18)19/h1-4,7-8,12H,5-6H2,(H,18,19)/t12-/m1/s1. The molecule has 1 amide bonds. The van der Waals surface area contributed by atoms with E-state index in [1.165, 1.54) is 16.2 Å². The molecule has 3 rings (SSSR count). The van der Waals surface area contributed by atoms with E-state index in [4.69, 9.17) is 0 Å². The maximum Gasteiger partial charge on any atom is 0.326 e. The molecule has 0 unspecified atom stereocenters. The topological polar surface area (TPSA) is 70.5 Å². The number of carbonyl (C=O) groups is 2. The summed E-state index contributed by atoms with van der Waals surface area (Å²) in [7, 11) is 0. The molecule has 2 aromatic rings. The molecule has 6 heteroatoms. The predicted octanol–water partition coefficient (Wildman–Crippen LogP) is 1.79. The molecule has 0 fully saturated rings. The molecule has 102 valence electrons. The third-order valence-electron chi connectivity index (χ3n) is 3.45. The number of nitrogens with zero attached hydrogens (tertiary/aromatic N) is 2. The highest BCUT2D eigenvalue weighted by Gasteiger charge is 2.35. The van der Waals surface area contributed by atoms with Gasteiger partial charge in [-0.1, -0.05) is 24.3 Å². The van der Waals surface area contributed by atoms with Gasteiger partial charge in [0.05, 0.1) is 5.51 Å². The van der Waals surface area contributed by atoms with Gasteiger partial charge in [0.25, 0.3) is 5.91 Å². The zero-order chi connectivity index (χ0) is 14.1. The quantitative estimate of drug-likeness (QED) is 0.914. The van der Waals surface area contributed by atoms with Crippen LogP contribution in [-0.2, 0) is 17.8 Å². The number of rotatable bonds is 2. The fraction of sp³-hybridized carbons (Fsp3) is 0.214. The first-order valence-electron chi connectivity index (χ1n) is 6.15. The van der Waals surface area contributed by atoms with Crippen molar-refractivity contribution in [3.8, 4) is 0 Å². The zero-order valence-corrected chi connectivity index (χ0v) is 11.3. The summed E-state index contributed by atoms with van der Waals surface area (Å²) in [5.74, 6) is -1.31. The lowest BCUT2D eigenvalue weighted by molar-refractivity contribution is -0.142. The molecule has 0 aliphatic carbocycles. The van der Waals surface area contributed by atoms with Gasteiger partial charge in [-0.15, -0.1) is 11.3 Å². The molecule has 0 radical (unpaired) electrons. The number of fused-ring (bicyclic) bond motifs is 1. The van der Waals surface area contributed by atoms with Crippen LogP contribution in [0.25, 0.3) is 0 Å². The van der Waals surface area contributed by atoms with E-state index in [-0.39, 0.29) is 5.91 Å². The third-order valence-corrected chi connectivity index (χ3v) is 4.03. The van der Waals surface area contributed by atoms with Crippen molar-refractivity contribution in [1.82, 2.24) is 9.88 Å². The van der Waals surface area contributed by atoms with Gasteiger partial charge in [0, 0.05) is 18.3 Å². The number of amides is 1. The van der Waals surface area contributed by atoms with Crippen molar-refractivity contribution in [3.63, 3.8) is 0 Å². The molecular formula is C14H12N2O3S. The van der Waals surface area contributed by atoms with E-state index in [0.717, 1.165) is 11.1 Å². The second-order valence-electron chi connectivity index (χ2n) is 4.63. The van der Waals surface area contributed by atoms with E-state index in [1.54, 1.807) is 10.9 Å². The van der Waals surface area contributed by atoms with Crippen molar-refractivity contribution in [2.24, 2.45) is 0 Å². The Kier molecular flexibility index (Phi) is 3.23. The maximum absolute atomic E-state index is 12.4. The van der Waals surface area contributed by atoms with Crippen LogP contribution in [0.4, 0.5) is 0 Å². The van der Waals surface area contributed by atoms with Crippen molar-refractivity contribution in [2.45, 2.75) is 19.0 Å². The van der Waals surface area contributed by atoms with Crippen LogP contribution in [0.3, 0.4) is 0 Å². The largest absolute Gasteiger partial charge is 0.480 e. The van der Waals surface area contributed by atoms with Gasteiger partial charge < -0.3 is 10.0 Å². The average molecular weight is 288 g/mol. The smallest absolute Gasteiger partial charge is 0.326 e. The average Bonchev–Trinajstić information content (AvgIpc) is 2.99. The number of hydrogen-bond donors (Lipinski definition) is 1. The van der Waals surface area contributed by atoms with E-state index in [9.17, 15) is 14.7 Å². The number of carboxylic acid groups (broad SMARTS) is 1. The van der Waals surface area contributed by atoms with Gasteiger partial charge in [0.15, 0.2) is 0 Å². The van der Waals surface area contributed by atoms with Crippen LogP contribution in [-0.4, -0.2) is 32.9 Å². The molecule has 0 spiro atoms. The Morgan fingerprint density at radius 3 is 2.70 bits per heavy atom. The zero-order valence-electron chi connectivity index (χ0n) is 10.5. The first-order chi connectivity index (χ1) is 9.66. The van der Waals surface area contributed by atoms with Crippen molar-refractivity contribution >= 4 is 23.2 Å². The molecule has 1 atom stereocenters. The highest BCUT2D eigenvalue weighted by Crippen LogP contribution is 2.25. The minimum absolute atomic E-state index is 0.306. The minimum atomic E-state index is -0.983.